The van der Waals surface area contributed by atoms with Crippen molar-refractivity contribution >= 4 is 11.6 Å². The largest absolute Gasteiger partial charge is 0.383 e. The molecule has 1 aromatic rings. The van der Waals surface area contributed by atoms with E-state index in [9.17, 15) is 14.9 Å². The third-order valence-electron chi connectivity index (χ3n) is 2.07. The molecule has 94 valence electrons. The van der Waals surface area contributed by atoms with Gasteiger partial charge in [-0.1, -0.05) is 0 Å². The molecule has 0 aliphatic carbocycles. The van der Waals surface area contributed by atoms with Gasteiger partial charge in [-0.2, -0.15) is 5.10 Å². The highest BCUT2D eigenvalue weighted by Crippen LogP contribution is 2.16. The van der Waals surface area contributed by atoms with E-state index in [-0.39, 0.29) is 17.9 Å². The summed E-state index contributed by atoms with van der Waals surface area (Å²) in [6, 6.07) is 0. The zero-order valence-corrected chi connectivity index (χ0v) is 9.67. The topological polar surface area (TPSA) is 99.3 Å². The highest BCUT2D eigenvalue weighted by atomic mass is 16.6. The lowest BCUT2D eigenvalue weighted by molar-refractivity contribution is -0.385. The molecule has 0 atom stereocenters. The second kappa shape index (κ2) is 5.94. The molecule has 0 unspecified atom stereocenters. The van der Waals surface area contributed by atoms with E-state index in [4.69, 9.17) is 4.74 Å². The predicted octanol–water partition coefficient (Wildman–Crippen LogP) is 0.187. The first-order valence-corrected chi connectivity index (χ1v) is 5.09. The molecule has 1 heterocycles. The number of amides is 1. The highest BCUT2D eigenvalue weighted by molar-refractivity contribution is 5.96. The van der Waals surface area contributed by atoms with Gasteiger partial charge in [0.15, 0.2) is 0 Å². The monoisotopic (exact) mass is 242 g/mol. The van der Waals surface area contributed by atoms with Crippen molar-refractivity contribution in [3.63, 3.8) is 0 Å². The normalized spacial score (nSPS) is 10.2. The first-order chi connectivity index (χ1) is 8.10. The fourth-order valence-corrected chi connectivity index (χ4v) is 1.22. The van der Waals surface area contributed by atoms with Crippen LogP contribution in [0.1, 0.15) is 17.4 Å². The summed E-state index contributed by atoms with van der Waals surface area (Å²) in [5.41, 5.74) is -0.463. The number of nitro groups is 1. The van der Waals surface area contributed by atoms with Crippen LogP contribution in [-0.4, -0.2) is 40.9 Å². The van der Waals surface area contributed by atoms with Crippen LogP contribution in [0.15, 0.2) is 6.20 Å². The predicted molar refractivity (Wildman–Crippen MR) is 58.8 cm³/mol. The van der Waals surface area contributed by atoms with Gasteiger partial charge in [0.05, 0.1) is 11.5 Å². The van der Waals surface area contributed by atoms with E-state index in [1.807, 2.05) is 0 Å². The maximum atomic E-state index is 11.6. The molecule has 0 fully saturated rings. The van der Waals surface area contributed by atoms with Gasteiger partial charge in [0.1, 0.15) is 6.20 Å². The summed E-state index contributed by atoms with van der Waals surface area (Å²) in [4.78, 5) is 21.7. The van der Waals surface area contributed by atoms with Crippen LogP contribution in [0.4, 0.5) is 5.69 Å². The smallest absolute Gasteiger partial charge is 0.320 e. The van der Waals surface area contributed by atoms with Gasteiger partial charge >= 0.3 is 5.69 Å². The lowest BCUT2D eigenvalue weighted by Crippen LogP contribution is -2.28. The van der Waals surface area contributed by atoms with Crippen LogP contribution in [0.5, 0.6) is 0 Å². The second-order valence-electron chi connectivity index (χ2n) is 3.22. The van der Waals surface area contributed by atoms with Crippen molar-refractivity contribution in [2.24, 2.45) is 0 Å². The average molecular weight is 242 g/mol. The molecule has 0 saturated carbocycles. The number of methoxy groups -OCH3 is 1. The molecule has 0 spiro atoms. The Balaban J connectivity index is 2.84. The minimum Gasteiger partial charge on any atom is -0.383 e. The van der Waals surface area contributed by atoms with Crippen molar-refractivity contribution < 1.29 is 14.5 Å². The molecule has 1 N–H and O–H groups in total. The third kappa shape index (κ3) is 3.25. The van der Waals surface area contributed by atoms with Crippen LogP contribution < -0.4 is 5.32 Å². The number of ether oxygens (including phenoxy) is 1. The number of carbonyl (C=O) groups is 1. The average Bonchev–Trinajstić information content (AvgIpc) is 2.73. The van der Waals surface area contributed by atoms with Crippen molar-refractivity contribution in [2.75, 3.05) is 20.3 Å². The Labute approximate surface area is 97.7 Å². The third-order valence-corrected chi connectivity index (χ3v) is 2.07. The van der Waals surface area contributed by atoms with Gasteiger partial charge in [0.2, 0.25) is 5.69 Å². The van der Waals surface area contributed by atoms with Gasteiger partial charge in [-0.25, -0.2) is 0 Å². The molecule has 0 aliphatic heterocycles. The molecule has 0 radical (unpaired) electrons. The number of hydrogen-bond acceptors (Lipinski definition) is 5. The molecule has 8 nitrogen and oxygen atoms in total. The van der Waals surface area contributed by atoms with E-state index in [1.54, 1.807) is 6.92 Å². The summed E-state index contributed by atoms with van der Waals surface area (Å²) < 4.78 is 6.11. The van der Waals surface area contributed by atoms with Gasteiger partial charge < -0.3 is 10.1 Å². The summed E-state index contributed by atoms with van der Waals surface area (Å²) in [7, 11) is 1.50. The first-order valence-electron chi connectivity index (χ1n) is 5.09. The number of aryl methyl sites for hydroxylation is 1. The van der Waals surface area contributed by atoms with Gasteiger partial charge in [0, 0.05) is 20.2 Å². The Hall–Kier alpha value is -1.96. The van der Waals surface area contributed by atoms with Gasteiger partial charge in [-0.3, -0.25) is 19.6 Å². The van der Waals surface area contributed by atoms with E-state index in [1.165, 1.54) is 18.0 Å². The zero-order chi connectivity index (χ0) is 12.8. The molecule has 0 bridgehead atoms. The quantitative estimate of drug-likeness (QED) is 0.436. The molecule has 17 heavy (non-hydrogen) atoms. The maximum absolute atomic E-state index is 11.6. The molecular weight excluding hydrogens is 228 g/mol. The molecule has 1 rings (SSSR count). The first kappa shape index (κ1) is 13.1. The number of nitrogens with zero attached hydrogens (tertiary/aromatic N) is 3. The van der Waals surface area contributed by atoms with Crippen molar-refractivity contribution in [3.05, 3.63) is 22.0 Å². The SMILES string of the molecule is CCn1cc([N+](=O)[O-])c(C(=O)NCCOC)n1. The van der Waals surface area contributed by atoms with E-state index in [0.717, 1.165) is 0 Å². The lowest BCUT2D eigenvalue weighted by atomic mass is 10.3. The Kier molecular flexibility index (Phi) is 4.58. The van der Waals surface area contributed by atoms with E-state index in [2.05, 4.69) is 10.4 Å². The van der Waals surface area contributed by atoms with Crippen molar-refractivity contribution in [3.8, 4) is 0 Å². The van der Waals surface area contributed by atoms with Crippen LogP contribution >= 0.6 is 0 Å². The Morgan fingerprint density at radius 2 is 2.41 bits per heavy atom. The van der Waals surface area contributed by atoms with Crippen LogP contribution in [0.3, 0.4) is 0 Å². The summed E-state index contributed by atoms with van der Waals surface area (Å²) in [6.07, 6.45) is 1.24. The fourth-order valence-electron chi connectivity index (χ4n) is 1.22. The lowest BCUT2D eigenvalue weighted by Gasteiger charge is -2.01. The Morgan fingerprint density at radius 3 is 2.94 bits per heavy atom. The van der Waals surface area contributed by atoms with Crippen LogP contribution in [0.25, 0.3) is 0 Å². The number of carbonyl (C=O) groups excluding carboxylic acids is 1. The maximum Gasteiger partial charge on any atom is 0.320 e. The van der Waals surface area contributed by atoms with Gasteiger partial charge in [-0.05, 0) is 6.92 Å². The minimum atomic E-state index is -0.621. The standard InChI is InChI=1S/C9H14N4O4/c1-3-12-6-7(13(15)16)8(11-12)9(14)10-4-5-17-2/h6H,3-5H2,1-2H3,(H,10,14). The minimum absolute atomic E-state index is 0.173. The molecule has 1 amide bonds. The Morgan fingerprint density at radius 1 is 1.71 bits per heavy atom. The van der Waals surface area contributed by atoms with Crippen LogP contribution in [0, 0.1) is 10.1 Å². The van der Waals surface area contributed by atoms with E-state index < -0.39 is 10.8 Å². The molecule has 0 aromatic carbocycles. The summed E-state index contributed by atoms with van der Waals surface area (Å²) in [5, 5.41) is 17.1. The molecule has 0 aliphatic rings. The van der Waals surface area contributed by atoms with Gasteiger partial charge in [0.25, 0.3) is 5.91 Å². The number of hydrogen-bond donors (Lipinski definition) is 1. The highest BCUT2D eigenvalue weighted by Gasteiger charge is 2.24. The van der Waals surface area contributed by atoms with Crippen molar-refractivity contribution in [2.45, 2.75) is 13.5 Å². The fraction of sp³-hybridized carbons (Fsp3) is 0.556. The number of nitrogens with one attached hydrogen (secondary N) is 1. The second-order valence-corrected chi connectivity index (χ2v) is 3.22. The van der Waals surface area contributed by atoms with Gasteiger partial charge in [-0.15, -0.1) is 0 Å². The summed E-state index contributed by atoms with van der Waals surface area (Å²) in [5.74, 6) is -0.569. The summed E-state index contributed by atoms with van der Waals surface area (Å²) in [6.45, 7) is 2.87. The Bertz CT molecular complexity index is 415. The van der Waals surface area contributed by atoms with E-state index in [0.29, 0.717) is 13.2 Å². The number of rotatable bonds is 6. The van der Waals surface area contributed by atoms with Crippen LogP contribution in [-0.2, 0) is 11.3 Å². The van der Waals surface area contributed by atoms with Crippen molar-refractivity contribution in [1.29, 1.82) is 0 Å². The van der Waals surface area contributed by atoms with Crippen molar-refractivity contribution in [1.82, 2.24) is 15.1 Å². The van der Waals surface area contributed by atoms with Crippen LogP contribution in [0.2, 0.25) is 0 Å². The number of aromatic nitrogens is 2. The molecule has 0 saturated heterocycles. The summed E-state index contributed by atoms with van der Waals surface area (Å²) >= 11 is 0. The molecule has 1 aromatic heterocycles. The van der Waals surface area contributed by atoms with E-state index >= 15 is 0 Å². The molecule has 8 heteroatoms. The molecular formula is C9H14N4O4. The zero-order valence-electron chi connectivity index (χ0n) is 9.67.